The molecule has 37 heavy (non-hydrogen) atoms. The standard InChI is InChI=1S/C27H30ClF2N3O4/c1-37-20-2-3-23-21(15-20)25(22(28)16-32-23)24(34)4-5-27(26(35)36)6-9-33(10-7-27)11-8-31-19-13-17(29)12-18(30)14-19/h2-3,12-16,24,31,34H,4-11H2,1H3,(H,35,36)/t24-/m1/s1. The van der Waals surface area contributed by atoms with Gasteiger partial charge in [-0.3, -0.25) is 9.78 Å². The molecule has 0 radical (unpaired) electrons. The van der Waals surface area contributed by atoms with Gasteiger partial charge in [-0.15, -0.1) is 0 Å². The summed E-state index contributed by atoms with van der Waals surface area (Å²) in [6, 6.07) is 8.61. The van der Waals surface area contributed by atoms with Crippen LogP contribution in [0.1, 0.15) is 37.4 Å². The second kappa shape index (κ2) is 11.6. The average Bonchev–Trinajstić information content (AvgIpc) is 2.87. The summed E-state index contributed by atoms with van der Waals surface area (Å²) in [4.78, 5) is 18.8. The smallest absolute Gasteiger partial charge is 0.309 e. The molecule has 1 aromatic heterocycles. The van der Waals surface area contributed by atoms with Crippen molar-refractivity contribution < 1.29 is 28.5 Å². The van der Waals surface area contributed by atoms with Gasteiger partial charge in [0.05, 0.1) is 29.2 Å². The Morgan fingerprint density at radius 2 is 1.92 bits per heavy atom. The number of halogens is 3. The van der Waals surface area contributed by atoms with E-state index >= 15 is 0 Å². The number of aliphatic hydroxyl groups excluding tert-OH is 1. The molecule has 3 N–H and O–H groups in total. The molecule has 0 unspecified atom stereocenters. The summed E-state index contributed by atoms with van der Waals surface area (Å²) in [5, 5.41) is 25.2. The quantitative estimate of drug-likeness (QED) is 0.327. The van der Waals surface area contributed by atoms with E-state index in [2.05, 4.69) is 15.2 Å². The highest BCUT2D eigenvalue weighted by Gasteiger charge is 2.41. The number of hydrogen-bond donors (Lipinski definition) is 3. The minimum atomic E-state index is -0.963. The summed E-state index contributed by atoms with van der Waals surface area (Å²) in [7, 11) is 1.55. The second-order valence-corrected chi connectivity index (χ2v) is 9.88. The third kappa shape index (κ3) is 6.29. The number of carbonyl (C=O) groups is 1. The topological polar surface area (TPSA) is 94.9 Å². The first kappa shape index (κ1) is 27.0. The molecule has 2 aromatic carbocycles. The third-order valence-corrected chi connectivity index (χ3v) is 7.49. The summed E-state index contributed by atoms with van der Waals surface area (Å²) in [6.07, 6.45) is 1.92. The molecule has 0 bridgehead atoms. The van der Waals surface area contributed by atoms with Crippen LogP contribution in [0.25, 0.3) is 10.9 Å². The molecular formula is C27H30ClF2N3O4. The number of aromatic nitrogens is 1. The summed E-state index contributed by atoms with van der Waals surface area (Å²) in [5.41, 5.74) is 0.589. The lowest BCUT2D eigenvalue weighted by molar-refractivity contribution is -0.153. The fourth-order valence-corrected chi connectivity index (χ4v) is 5.26. The second-order valence-electron chi connectivity index (χ2n) is 9.47. The van der Waals surface area contributed by atoms with Crippen LogP contribution in [0.4, 0.5) is 14.5 Å². The number of carboxylic acid groups (broad SMARTS) is 1. The molecule has 7 nitrogen and oxygen atoms in total. The number of aliphatic hydroxyl groups is 1. The number of pyridine rings is 1. The number of carboxylic acids is 1. The normalized spacial score (nSPS) is 16.5. The van der Waals surface area contributed by atoms with Crippen LogP contribution in [0, 0.1) is 17.0 Å². The summed E-state index contributed by atoms with van der Waals surface area (Å²) in [5.74, 6) is -1.56. The summed E-state index contributed by atoms with van der Waals surface area (Å²) in [6.45, 7) is 2.21. The number of fused-ring (bicyclic) bond motifs is 1. The fraction of sp³-hybridized carbons (Fsp3) is 0.407. The van der Waals surface area contributed by atoms with Crippen molar-refractivity contribution in [3.63, 3.8) is 0 Å². The van der Waals surface area contributed by atoms with Crippen LogP contribution in [0.15, 0.2) is 42.6 Å². The molecule has 4 rings (SSSR count). The number of nitrogens with one attached hydrogen (secondary N) is 1. The van der Waals surface area contributed by atoms with Gasteiger partial charge in [-0.2, -0.15) is 0 Å². The van der Waals surface area contributed by atoms with E-state index in [4.69, 9.17) is 16.3 Å². The van der Waals surface area contributed by atoms with Crippen molar-refractivity contribution in [1.82, 2.24) is 9.88 Å². The van der Waals surface area contributed by atoms with Gasteiger partial charge >= 0.3 is 5.97 Å². The molecule has 1 fully saturated rings. The van der Waals surface area contributed by atoms with Crippen molar-refractivity contribution in [2.24, 2.45) is 5.41 Å². The Bertz CT molecular complexity index is 1250. The van der Waals surface area contributed by atoms with E-state index in [0.29, 0.717) is 78.4 Å². The lowest BCUT2D eigenvalue weighted by atomic mass is 9.74. The predicted molar refractivity (Wildman–Crippen MR) is 138 cm³/mol. The number of piperidine rings is 1. The van der Waals surface area contributed by atoms with Crippen molar-refractivity contribution >= 4 is 34.2 Å². The Morgan fingerprint density at radius 3 is 2.57 bits per heavy atom. The van der Waals surface area contributed by atoms with Crippen LogP contribution < -0.4 is 10.1 Å². The molecule has 198 valence electrons. The van der Waals surface area contributed by atoms with Crippen molar-refractivity contribution in [3.8, 4) is 5.75 Å². The van der Waals surface area contributed by atoms with E-state index in [0.717, 1.165) is 6.07 Å². The Labute approximate surface area is 219 Å². The number of methoxy groups -OCH3 is 1. The van der Waals surface area contributed by atoms with Crippen LogP contribution in [-0.4, -0.2) is 59.4 Å². The number of aliphatic carboxylic acids is 1. The number of rotatable bonds is 10. The molecule has 0 aliphatic carbocycles. The zero-order valence-electron chi connectivity index (χ0n) is 20.5. The largest absolute Gasteiger partial charge is 0.497 e. The Kier molecular flexibility index (Phi) is 8.46. The van der Waals surface area contributed by atoms with E-state index in [1.807, 2.05) is 0 Å². The number of anilines is 1. The molecule has 1 saturated heterocycles. The van der Waals surface area contributed by atoms with E-state index in [-0.39, 0.29) is 6.42 Å². The van der Waals surface area contributed by atoms with Gasteiger partial charge in [-0.25, -0.2) is 8.78 Å². The van der Waals surface area contributed by atoms with Crippen molar-refractivity contribution in [1.29, 1.82) is 0 Å². The number of benzene rings is 2. The van der Waals surface area contributed by atoms with Gasteiger partial charge in [0.1, 0.15) is 17.4 Å². The highest BCUT2D eigenvalue weighted by molar-refractivity contribution is 6.32. The third-order valence-electron chi connectivity index (χ3n) is 7.18. The lowest BCUT2D eigenvalue weighted by Gasteiger charge is -2.39. The maximum Gasteiger partial charge on any atom is 0.309 e. The van der Waals surface area contributed by atoms with Gasteiger partial charge < -0.3 is 25.2 Å². The zero-order chi connectivity index (χ0) is 26.6. The monoisotopic (exact) mass is 533 g/mol. The van der Waals surface area contributed by atoms with E-state index < -0.39 is 29.1 Å². The van der Waals surface area contributed by atoms with Gasteiger partial charge in [0, 0.05) is 42.0 Å². The molecule has 2 heterocycles. The minimum absolute atomic E-state index is 0.231. The molecule has 3 aromatic rings. The first-order valence-corrected chi connectivity index (χ1v) is 12.5. The summed E-state index contributed by atoms with van der Waals surface area (Å²) < 4.78 is 32.0. The Balaban J connectivity index is 1.37. The number of likely N-dealkylation sites (tertiary alicyclic amines) is 1. The highest BCUT2D eigenvalue weighted by atomic mass is 35.5. The van der Waals surface area contributed by atoms with E-state index in [1.165, 1.54) is 18.3 Å². The van der Waals surface area contributed by atoms with Crippen LogP contribution in [0.3, 0.4) is 0 Å². The first-order chi connectivity index (χ1) is 17.7. The van der Waals surface area contributed by atoms with Crippen LogP contribution >= 0.6 is 11.6 Å². The van der Waals surface area contributed by atoms with Crippen LogP contribution in [0.2, 0.25) is 5.02 Å². The van der Waals surface area contributed by atoms with Crippen LogP contribution in [-0.2, 0) is 4.79 Å². The van der Waals surface area contributed by atoms with Gasteiger partial charge in [-0.1, -0.05) is 11.6 Å². The molecule has 10 heteroatoms. The van der Waals surface area contributed by atoms with Gasteiger partial charge in [0.25, 0.3) is 0 Å². The first-order valence-electron chi connectivity index (χ1n) is 12.2. The zero-order valence-corrected chi connectivity index (χ0v) is 21.3. The van der Waals surface area contributed by atoms with Gasteiger partial charge in [0.15, 0.2) is 0 Å². The molecule has 1 aliphatic rings. The van der Waals surface area contributed by atoms with Crippen molar-refractivity contribution in [2.75, 3.05) is 38.6 Å². The lowest BCUT2D eigenvalue weighted by Crippen LogP contribution is -2.45. The van der Waals surface area contributed by atoms with Crippen LogP contribution in [0.5, 0.6) is 5.75 Å². The summed E-state index contributed by atoms with van der Waals surface area (Å²) >= 11 is 6.41. The Hall–Kier alpha value is -3.01. The molecular weight excluding hydrogens is 504 g/mol. The SMILES string of the molecule is COc1ccc2ncc(Cl)c([C@H](O)CCC3(C(=O)O)CCN(CCNc4cc(F)cc(F)c4)CC3)c2c1. The fourth-order valence-electron chi connectivity index (χ4n) is 4.98. The molecule has 0 spiro atoms. The average molecular weight is 534 g/mol. The van der Waals surface area contributed by atoms with Crippen molar-refractivity contribution in [2.45, 2.75) is 31.8 Å². The van der Waals surface area contributed by atoms with Crippen molar-refractivity contribution in [3.05, 3.63) is 64.8 Å². The highest BCUT2D eigenvalue weighted by Crippen LogP contribution is 2.41. The Morgan fingerprint density at radius 1 is 1.22 bits per heavy atom. The number of nitrogens with zero attached hydrogens (tertiary/aromatic N) is 2. The molecule has 1 atom stereocenters. The molecule has 0 saturated carbocycles. The van der Waals surface area contributed by atoms with E-state index in [9.17, 15) is 23.8 Å². The van der Waals surface area contributed by atoms with Gasteiger partial charge in [-0.05, 0) is 69.1 Å². The van der Waals surface area contributed by atoms with E-state index in [1.54, 1.807) is 25.3 Å². The molecule has 1 aliphatic heterocycles. The minimum Gasteiger partial charge on any atom is -0.497 e. The predicted octanol–water partition coefficient (Wildman–Crippen LogP) is 5.27. The maximum absolute atomic E-state index is 13.4. The van der Waals surface area contributed by atoms with Gasteiger partial charge in [0.2, 0.25) is 0 Å². The number of hydrogen-bond acceptors (Lipinski definition) is 6. The molecule has 0 amide bonds. The maximum atomic E-state index is 13.4. The number of ether oxygens (including phenoxy) is 1.